The maximum atomic E-state index is 12.5. The van der Waals surface area contributed by atoms with Gasteiger partial charge in [0, 0.05) is 13.2 Å². The largest absolute Gasteiger partial charge is 0.472 e. The lowest BCUT2D eigenvalue weighted by atomic mass is 10.0. The Morgan fingerprint density at radius 1 is 0.617 bits per heavy atom. The molecule has 4 N–H and O–H groups in total. The molecule has 278 valence electrons. The summed E-state index contributed by atoms with van der Waals surface area (Å²) >= 11 is 0. The number of phosphoric ester groups is 1. The van der Waals surface area contributed by atoms with Crippen LogP contribution in [0.4, 0.5) is 0 Å². The molecule has 0 aromatic rings. The van der Waals surface area contributed by atoms with Crippen LogP contribution in [0.25, 0.3) is 0 Å². The van der Waals surface area contributed by atoms with Crippen molar-refractivity contribution >= 4 is 7.82 Å². The van der Waals surface area contributed by atoms with E-state index in [0.29, 0.717) is 6.61 Å². The first-order chi connectivity index (χ1) is 23.0. The second-order valence-electron chi connectivity index (χ2n) is 12.9. The van der Waals surface area contributed by atoms with Crippen molar-refractivity contribution in [1.82, 2.24) is 0 Å². The summed E-state index contributed by atoms with van der Waals surface area (Å²) < 4.78 is 28.8. The van der Waals surface area contributed by atoms with Gasteiger partial charge < -0.3 is 20.5 Å². The molecule has 1 unspecified atom stereocenters. The highest BCUT2D eigenvalue weighted by Gasteiger charge is 2.30. The molecular formula is C39H76NO6P. The number of unbranched alkanes of at least 4 members (excludes halogenated alkanes) is 21. The first kappa shape index (κ1) is 46.2. The molecule has 0 amide bonds. The summed E-state index contributed by atoms with van der Waals surface area (Å²) in [5.74, 6) is 0. The highest BCUT2D eigenvalue weighted by molar-refractivity contribution is 7.47. The summed E-state index contributed by atoms with van der Waals surface area (Å²) in [5, 5.41) is 10.0. The van der Waals surface area contributed by atoms with E-state index in [2.05, 4.69) is 38.2 Å². The molecule has 7 nitrogen and oxygen atoms in total. The van der Waals surface area contributed by atoms with E-state index in [0.717, 1.165) is 51.4 Å². The topological polar surface area (TPSA) is 111 Å². The summed E-state index contributed by atoms with van der Waals surface area (Å²) in [6, 6.07) is 0. The number of hydrogen-bond donors (Lipinski definition) is 3. The molecule has 0 radical (unpaired) electrons. The van der Waals surface area contributed by atoms with E-state index in [4.69, 9.17) is 19.5 Å². The van der Waals surface area contributed by atoms with Crippen LogP contribution in [0.1, 0.15) is 174 Å². The summed E-state index contributed by atoms with van der Waals surface area (Å²) in [7, 11) is -4.33. The minimum atomic E-state index is -4.33. The standard InChI is InChI=1S/C39H76NO6P/c1-3-5-7-9-11-13-15-17-19-20-22-24-26-28-30-32-35-44-39(37-41)38(46-47(42,43)45-36-34-40)33-31-29-27-25-23-21-18-16-14-12-10-8-6-4-2/h11,13,17,19,31,33,38-39,41H,3-10,12,14-16,18,20-30,32,34-37,40H2,1-2H3,(H,42,43)/t38-,39+/m1/s1. The number of nitrogens with two attached hydrogens (primary N) is 1. The van der Waals surface area contributed by atoms with Gasteiger partial charge in [0.1, 0.15) is 12.2 Å². The van der Waals surface area contributed by atoms with Crippen molar-refractivity contribution in [1.29, 1.82) is 0 Å². The van der Waals surface area contributed by atoms with Crippen molar-refractivity contribution < 1.29 is 28.3 Å². The van der Waals surface area contributed by atoms with Crippen molar-refractivity contribution in [3.05, 3.63) is 36.5 Å². The van der Waals surface area contributed by atoms with E-state index in [1.54, 1.807) is 6.08 Å². The third-order valence-corrected chi connectivity index (χ3v) is 9.42. The Balaban J connectivity index is 4.26. The van der Waals surface area contributed by atoms with E-state index in [-0.39, 0.29) is 19.8 Å². The van der Waals surface area contributed by atoms with Crippen molar-refractivity contribution in [2.75, 3.05) is 26.4 Å². The molecule has 8 heteroatoms. The quantitative estimate of drug-likeness (QED) is 0.0339. The van der Waals surface area contributed by atoms with Gasteiger partial charge in [0.2, 0.25) is 0 Å². The van der Waals surface area contributed by atoms with Crippen molar-refractivity contribution in [3.8, 4) is 0 Å². The number of rotatable bonds is 37. The molecular weight excluding hydrogens is 609 g/mol. The third-order valence-electron chi connectivity index (χ3n) is 8.40. The third kappa shape index (κ3) is 33.5. The average Bonchev–Trinajstić information content (AvgIpc) is 3.06. The molecule has 3 atom stereocenters. The summed E-state index contributed by atoms with van der Waals surface area (Å²) in [4.78, 5) is 10.2. The average molecular weight is 686 g/mol. The number of aliphatic hydroxyl groups excluding tert-OH is 1. The number of hydrogen-bond acceptors (Lipinski definition) is 6. The van der Waals surface area contributed by atoms with Gasteiger partial charge in [-0.25, -0.2) is 4.57 Å². The van der Waals surface area contributed by atoms with Gasteiger partial charge in [-0.2, -0.15) is 0 Å². The minimum Gasteiger partial charge on any atom is -0.394 e. The fraction of sp³-hybridized carbons (Fsp3) is 0.846. The minimum absolute atomic E-state index is 0.0828. The lowest BCUT2D eigenvalue weighted by molar-refractivity contribution is -0.0476. The van der Waals surface area contributed by atoms with Crippen LogP contribution in [-0.2, 0) is 18.3 Å². The molecule has 0 bridgehead atoms. The van der Waals surface area contributed by atoms with Gasteiger partial charge in [-0.1, -0.05) is 159 Å². The Morgan fingerprint density at radius 2 is 1.06 bits per heavy atom. The maximum Gasteiger partial charge on any atom is 0.472 e. The number of allylic oxidation sites excluding steroid dienone is 5. The van der Waals surface area contributed by atoms with Gasteiger partial charge in [0.15, 0.2) is 0 Å². The SMILES string of the molecule is CCCCCC=CCC=CCCCCCCCCO[C@@H](CO)[C@@H](C=CCCCCCCCCCCCCCC)OP(=O)(O)OCCN. The Bertz CT molecular complexity index is 775. The molecule has 0 saturated carbocycles. The van der Waals surface area contributed by atoms with Crippen LogP contribution in [0, 0.1) is 0 Å². The van der Waals surface area contributed by atoms with Crippen molar-refractivity contribution in [3.63, 3.8) is 0 Å². The van der Waals surface area contributed by atoms with Gasteiger partial charge >= 0.3 is 7.82 Å². The fourth-order valence-corrected chi connectivity index (χ4v) is 6.40. The second-order valence-corrected chi connectivity index (χ2v) is 14.3. The van der Waals surface area contributed by atoms with Gasteiger partial charge in [-0.3, -0.25) is 9.05 Å². The lowest BCUT2D eigenvalue weighted by Crippen LogP contribution is -2.33. The molecule has 0 saturated heterocycles. The molecule has 0 aliphatic carbocycles. The molecule has 47 heavy (non-hydrogen) atoms. The number of ether oxygens (including phenoxy) is 1. The first-order valence-corrected chi connectivity index (χ1v) is 21.0. The zero-order valence-corrected chi connectivity index (χ0v) is 31.6. The van der Waals surface area contributed by atoms with E-state index in [1.165, 1.54) is 109 Å². The van der Waals surface area contributed by atoms with Crippen LogP contribution in [0.15, 0.2) is 36.5 Å². The lowest BCUT2D eigenvalue weighted by Gasteiger charge is -2.25. The van der Waals surface area contributed by atoms with Crippen LogP contribution in [-0.4, -0.2) is 48.6 Å². The molecule has 0 fully saturated rings. The monoisotopic (exact) mass is 686 g/mol. The molecule has 0 aliphatic heterocycles. The zero-order chi connectivity index (χ0) is 34.5. The Kier molecular flexibility index (Phi) is 35.9. The maximum absolute atomic E-state index is 12.5. The van der Waals surface area contributed by atoms with E-state index >= 15 is 0 Å². The molecule has 0 aliphatic rings. The smallest absolute Gasteiger partial charge is 0.394 e. The van der Waals surface area contributed by atoms with Gasteiger partial charge in [0.25, 0.3) is 0 Å². The summed E-state index contributed by atoms with van der Waals surface area (Å²) in [6.45, 7) is 4.68. The van der Waals surface area contributed by atoms with Crippen LogP contribution in [0.5, 0.6) is 0 Å². The van der Waals surface area contributed by atoms with Gasteiger partial charge in [-0.05, 0) is 51.4 Å². The first-order valence-electron chi connectivity index (χ1n) is 19.6. The van der Waals surface area contributed by atoms with E-state index in [1.807, 2.05) is 6.08 Å². The molecule has 0 aromatic heterocycles. The Morgan fingerprint density at radius 3 is 1.57 bits per heavy atom. The molecule has 0 aromatic carbocycles. The molecule has 0 spiro atoms. The predicted molar refractivity (Wildman–Crippen MR) is 201 cm³/mol. The highest BCUT2D eigenvalue weighted by Crippen LogP contribution is 2.45. The zero-order valence-electron chi connectivity index (χ0n) is 30.7. The fourth-order valence-electron chi connectivity index (χ4n) is 5.49. The Labute approximate surface area is 290 Å². The van der Waals surface area contributed by atoms with E-state index in [9.17, 15) is 14.6 Å². The summed E-state index contributed by atoms with van der Waals surface area (Å²) in [6.07, 6.45) is 41.7. The second kappa shape index (κ2) is 36.5. The number of aliphatic hydroxyl groups is 1. The highest BCUT2D eigenvalue weighted by atomic mass is 31.2. The van der Waals surface area contributed by atoms with Crippen LogP contribution >= 0.6 is 7.82 Å². The van der Waals surface area contributed by atoms with Crippen LogP contribution < -0.4 is 5.73 Å². The van der Waals surface area contributed by atoms with Crippen LogP contribution in [0.2, 0.25) is 0 Å². The van der Waals surface area contributed by atoms with Crippen LogP contribution in [0.3, 0.4) is 0 Å². The summed E-state index contributed by atoms with van der Waals surface area (Å²) in [5.41, 5.74) is 5.43. The van der Waals surface area contributed by atoms with Crippen molar-refractivity contribution in [2.24, 2.45) is 5.73 Å². The van der Waals surface area contributed by atoms with Gasteiger partial charge in [0.05, 0.1) is 13.2 Å². The Hall–Kier alpha value is -0.790. The van der Waals surface area contributed by atoms with Gasteiger partial charge in [-0.15, -0.1) is 0 Å². The predicted octanol–water partition coefficient (Wildman–Crippen LogP) is 11.3. The number of phosphoric acid groups is 1. The van der Waals surface area contributed by atoms with E-state index < -0.39 is 20.0 Å². The molecule has 0 rings (SSSR count). The van der Waals surface area contributed by atoms with Crippen molar-refractivity contribution in [2.45, 2.75) is 187 Å². The molecule has 0 heterocycles. The normalized spacial score (nSPS) is 14.9.